The maximum absolute atomic E-state index is 12.4. The Balaban J connectivity index is 2.28. The van der Waals surface area contributed by atoms with Gasteiger partial charge in [-0.3, -0.25) is 4.79 Å². The Hall–Kier alpha value is -0.770. The standard InChI is InChI=1S/C12H14Cl2N2O/c1-2-16(8-6-15-7-8)12(17)11-9(13)4-3-5-10(11)14/h3-5,8,15H,2,6-7H2,1H3. The van der Waals surface area contributed by atoms with Gasteiger partial charge < -0.3 is 10.2 Å². The molecule has 92 valence electrons. The van der Waals surface area contributed by atoms with Crippen molar-refractivity contribution < 1.29 is 4.79 Å². The number of rotatable bonds is 3. The number of hydrogen-bond donors (Lipinski definition) is 1. The summed E-state index contributed by atoms with van der Waals surface area (Å²) in [5, 5.41) is 3.97. The zero-order valence-electron chi connectivity index (χ0n) is 9.54. The molecule has 17 heavy (non-hydrogen) atoms. The molecule has 2 rings (SSSR count). The highest BCUT2D eigenvalue weighted by Gasteiger charge is 2.29. The number of carbonyl (C=O) groups excluding carboxylic acids is 1. The molecule has 0 aliphatic carbocycles. The summed E-state index contributed by atoms with van der Waals surface area (Å²) in [5.41, 5.74) is 0.407. The molecule has 0 spiro atoms. The first-order chi connectivity index (χ1) is 8.15. The number of benzene rings is 1. The van der Waals surface area contributed by atoms with Gasteiger partial charge in [0, 0.05) is 19.6 Å². The molecule has 0 unspecified atom stereocenters. The van der Waals surface area contributed by atoms with Gasteiger partial charge in [-0.1, -0.05) is 29.3 Å². The average molecular weight is 273 g/mol. The van der Waals surface area contributed by atoms with Gasteiger partial charge in [0.1, 0.15) is 0 Å². The highest BCUT2D eigenvalue weighted by Crippen LogP contribution is 2.26. The smallest absolute Gasteiger partial charge is 0.257 e. The van der Waals surface area contributed by atoms with Crippen LogP contribution in [0.4, 0.5) is 0 Å². The molecule has 0 saturated carbocycles. The minimum atomic E-state index is -0.0883. The van der Waals surface area contributed by atoms with Gasteiger partial charge in [-0.25, -0.2) is 0 Å². The summed E-state index contributed by atoms with van der Waals surface area (Å²) in [5.74, 6) is -0.0883. The van der Waals surface area contributed by atoms with E-state index in [1.807, 2.05) is 11.8 Å². The monoisotopic (exact) mass is 272 g/mol. The van der Waals surface area contributed by atoms with Crippen molar-refractivity contribution in [1.29, 1.82) is 0 Å². The first-order valence-corrected chi connectivity index (χ1v) is 6.36. The van der Waals surface area contributed by atoms with Crippen LogP contribution in [-0.4, -0.2) is 36.5 Å². The molecule has 0 radical (unpaired) electrons. The fourth-order valence-electron chi connectivity index (χ4n) is 1.91. The largest absolute Gasteiger partial charge is 0.333 e. The SMILES string of the molecule is CCN(C(=O)c1c(Cl)cccc1Cl)C1CNC1. The lowest BCUT2D eigenvalue weighted by atomic mass is 10.1. The van der Waals surface area contributed by atoms with Gasteiger partial charge >= 0.3 is 0 Å². The van der Waals surface area contributed by atoms with Gasteiger partial charge in [0.2, 0.25) is 0 Å². The summed E-state index contributed by atoms with van der Waals surface area (Å²) in [7, 11) is 0. The second-order valence-corrected chi connectivity index (χ2v) is 4.81. The maximum Gasteiger partial charge on any atom is 0.257 e. The third-order valence-corrected chi connectivity index (χ3v) is 3.61. The van der Waals surface area contributed by atoms with Crippen molar-refractivity contribution in [3.8, 4) is 0 Å². The second kappa shape index (κ2) is 5.25. The number of carbonyl (C=O) groups is 1. The molecule has 1 heterocycles. The van der Waals surface area contributed by atoms with Crippen molar-refractivity contribution in [2.45, 2.75) is 13.0 Å². The molecule has 1 fully saturated rings. The van der Waals surface area contributed by atoms with E-state index in [0.717, 1.165) is 13.1 Å². The predicted molar refractivity (Wildman–Crippen MR) is 69.8 cm³/mol. The molecule has 1 aliphatic heterocycles. The Kier molecular flexibility index (Phi) is 3.92. The number of nitrogens with zero attached hydrogens (tertiary/aromatic N) is 1. The van der Waals surface area contributed by atoms with E-state index in [1.54, 1.807) is 18.2 Å². The van der Waals surface area contributed by atoms with Crippen LogP contribution in [0.5, 0.6) is 0 Å². The van der Waals surface area contributed by atoms with Gasteiger partial charge in [-0.05, 0) is 19.1 Å². The second-order valence-electron chi connectivity index (χ2n) is 4.00. The molecule has 1 amide bonds. The van der Waals surface area contributed by atoms with Crippen LogP contribution in [0.25, 0.3) is 0 Å². The van der Waals surface area contributed by atoms with Crippen LogP contribution < -0.4 is 5.32 Å². The zero-order valence-corrected chi connectivity index (χ0v) is 11.1. The Labute approximate surface area is 111 Å². The van der Waals surface area contributed by atoms with Gasteiger partial charge in [-0.2, -0.15) is 0 Å². The molecule has 0 bridgehead atoms. The number of halogens is 2. The number of amides is 1. The number of hydrogen-bond acceptors (Lipinski definition) is 2. The Morgan fingerprint density at radius 3 is 2.41 bits per heavy atom. The Morgan fingerprint density at radius 1 is 1.41 bits per heavy atom. The van der Waals surface area contributed by atoms with Gasteiger partial charge in [0.25, 0.3) is 5.91 Å². The van der Waals surface area contributed by atoms with Crippen molar-refractivity contribution >= 4 is 29.1 Å². The quantitative estimate of drug-likeness (QED) is 0.917. The van der Waals surface area contributed by atoms with E-state index in [9.17, 15) is 4.79 Å². The van der Waals surface area contributed by atoms with Crippen LogP contribution in [0.1, 0.15) is 17.3 Å². The lowest BCUT2D eigenvalue weighted by Crippen LogP contribution is -2.58. The van der Waals surface area contributed by atoms with E-state index in [2.05, 4.69) is 5.32 Å². The van der Waals surface area contributed by atoms with E-state index in [4.69, 9.17) is 23.2 Å². The van der Waals surface area contributed by atoms with E-state index in [-0.39, 0.29) is 11.9 Å². The molecule has 1 aromatic carbocycles. The molecule has 1 N–H and O–H groups in total. The van der Waals surface area contributed by atoms with Crippen LogP contribution in [-0.2, 0) is 0 Å². The van der Waals surface area contributed by atoms with Crippen LogP contribution >= 0.6 is 23.2 Å². The van der Waals surface area contributed by atoms with E-state index < -0.39 is 0 Å². The van der Waals surface area contributed by atoms with Crippen LogP contribution in [0, 0.1) is 0 Å². The fraction of sp³-hybridized carbons (Fsp3) is 0.417. The lowest BCUT2D eigenvalue weighted by molar-refractivity contribution is 0.0630. The molecule has 1 saturated heterocycles. The molecular formula is C12H14Cl2N2O. The van der Waals surface area contributed by atoms with Crippen LogP contribution in [0.15, 0.2) is 18.2 Å². The fourth-order valence-corrected chi connectivity index (χ4v) is 2.47. The van der Waals surface area contributed by atoms with Crippen molar-refractivity contribution in [3.05, 3.63) is 33.8 Å². The van der Waals surface area contributed by atoms with Crippen molar-refractivity contribution in [2.75, 3.05) is 19.6 Å². The molecule has 0 atom stereocenters. The average Bonchev–Trinajstić information content (AvgIpc) is 2.22. The Bertz CT molecular complexity index is 412. The third-order valence-electron chi connectivity index (χ3n) is 2.98. The minimum absolute atomic E-state index is 0.0883. The topological polar surface area (TPSA) is 32.3 Å². The maximum atomic E-state index is 12.4. The predicted octanol–water partition coefficient (Wildman–Crippen LogP) is 2.43. The third kappa shape index (κ3) is 2.41. The number of likely N-dealkylation sites (N-methyl/N-ethyl adjacent to an activating group) is 1. The molecule has 1 aliphatic rings. The van der Waals surface area contributed by atoms with Crippen LogP contribution in [0.2, 0.25) is 10.0 Å². The summed E-state index contributed by atoms with van der Waals surface area (Å²) in [6.07, 6.45) is 0. The molecule has 3 nitrogen and oxygen atoms in total. The molecule has 1 aromatic rings. The minimum Gasteiger partial charge on any atom is -0.333 e. The Morgan fingerprint density at radius 2 is 2.00 bits per heavy atom. The lowest BCUT2D eigenvalue weighted by Gasteiger charge is -2.37. The van der Waals surface area contributed by atoms with E-state index in [1.165, 1.54) is 0 Å². The molecule has 0 aromatic heterocycles. The summed E-state index contributed by atoms with van der Waals surface area (Å²) in [4.78, 5) is 14.2. The van der Waals surface area contributed by atoms with E-state index in [0.29, 0.717) is 22.2 Å². The van der Waals surface area contributed by atoms with Gasteiger partial charge in [-0.15, -0.1) is 0 Å². The highest BCUT2D eigenvalue weighted by molar-refractivity contribution is 6.39. The summed E-state index contributed by atoms with van der Waals surface area (Å²) in [6, 6.07) is 5.36. The summed E-state index contributed by atoms with van der Waals surface area (Å²) >= 11 is 12.1. The van der Waals surface area contributed by atoms with Crippen LogP contribution in [0.3, 0.4) is 0 Å². The summed E-state index contributed by atoms with van der Waals surface area (Å²) < 4.78 is 0. The number of nitrogens with one attached hydrogen (secondary N) is 1. The van der Waals surface area contributed by atoms with Crippen molar-refractivity contribution in [3.63, 3.8) is 0 Å². The summed E-state index contributed by atoms with van der Waals surface area (Å²) in [6.45, 7) is 4.29. The first-order valence-electron chi connectivity index (χ1n) is 5.60. The zero-order chi connectivity index (χ0) is 12.4. The van der Waals surface area contributed by atoms with E-state index >= 15 is 0 Å². The molecule has 5 heteroatoms. The van der Waals surface area contributed by atoms with Gasteiger partial charge in [0.05, 0.1) is 21.7 Å². The van der Waals surface area contributed by atoms with Crippen molar-refractivity contribution in [1.82, 2.24) is 10.2 Å². The highest BCUT2D eigenvalue weighted by atomic mass is 35.5. The normalized spacial score (nSPS) is 15.5. The van der Waals surface area contributed by atoms with Gasteiger partial charge in [0.15, 0.2) is 0 Å². The first kappa shape index (κ1) is 12.7. The van der Waals surface area contributed by atoms with Crippen molar-refractivity contribution in [2.24, 2.45) is 0 Å². The molecular weight excluding hydrogens is 259 g/mol.